The first-order valence-electron chi connectivity index (χ1n) is 8.67. The highest BCUT2D eigenvalue weighted by Gasteiger charge is 2.44. The van der Waals surface area contributed by atoms with Crippen molar-refractivity contribution in [2.45, 2.75) is 51.5 Å². The van der Waals surface area contributed by atoms with Gasteiger partial charge in [-0.25, -0.2) is 0 Å². The number of hydrogen-bond acceptors (Lipinski definition) is 2. The molecule has 1 saturated heterocycles. The van der Waals surface area contributed by atoms with Crippen molar-refractivity contribution in [3.8, 4) is 0 Å². The molecule has 0 spiro atoms. The molecule has 1 saturated carbocycles. The molecule has 0 bridgehead atoms. The second kappa shape index (κ2) is 6.41. The summed E-state index contributed by atoms with van der Waals surface area (Å²) in [5.41, 5.74) is 2.69. The predicted octanol–water partition coefficient (Wildman–Crippen LogP) is 3.03. The Labute approximate surface area is 133 Å². The second-order valence-corrected chi connectivity index (χ2v) is 7.36. The van der Waals surface area contributed by atoms with E-state index in [1.807, 2.05) is 0 Å². The van der Waals surface area contributed by atoms with E-state index in [0.717, 1.165) is 25.9 Å². The number of hydrogen-bond donors (Lipinski definition) is 2. The molecule has 3 heteroatoms. The van der Waals surface area contributed by atoms with Crippen molar-refractivity contribution in [3.63, 3.8) is 0 Å². The molecule has 1 heterocycles. The van der Waals surface area contributed by atoms with Gasteiger partial charge in [-0.05, 0) is 48.3 Å². The minimum absolute atomic E-state index is 0.180. The summed E-state index contributed by atoms with van der Waals surface area (Å²) >= 11 is 0. The van der Waals surface area contributed by atoms with Gasteiger partial charge in [0.25, 0.3) is 0 Å². The first-order chi connectivity index (χ1) is 10.6. The Morgan fingerprint density at radius 3 is 2.64 bits per heavy atom. The molecule has 22 heavy (non-hydrogen) atoms. The predicted molar refractivity (Wildman–Crippen MR) is 90.0 cm³/mol. The molecule has 0 radical (unpaired) electrons. The third kappa shape index (κ3) is 3.35. The van der Waals surface area contributed by atoms with E-state index in [4.69, 9.17) is 0 Å². The van der Waals surface area contributed by atoms with Crippen molar-refractivity contribution in [1.82, 2.24) is 10.6 Å². The number of amides is 1. The average Bonchev–Trinajstić information content (AvgIpc) is 3.30. The second-order valence-electron chi connectivity index (χ2n) is 7.36. The van der Waals surface area contributed by atoms with Crippen molar-refractivity contribution >= 4 is 5.91 Å². The van der Waals surface area contributed by atoms with Gasteiger partial charge in [0.15, 0.2) is 0 Å². The van der Waals surface area contributed by atoms with Gasteiger partial charge in [-0.3, -0.25) is 4.79 Å². The lowest BCUT2D eigenvalue weighted by atomic mass is 9.94. The number of benzene rings is 1. The highest BCUT2D eigenvalue weighted by atomic mass is 16.2. The van der Waals surface area contributed by atoms with Gasteiger partial charge >= 0.3 is 0 Å². The molecule has 3 nitrogen and oxygen atoms in total. The summed E-state index contributed by atoms with van der Waals surface area (Å²) in [7, 11) is 0. The van der Waals surface area contributed by atoms with Crippen LogP contribution in [0.25, 0.3) is 0 Å². The lowest BCUT2D eigenvalue weighted by Crippen LogP contribution is -2.50. The Morgan fingerprint density at radius 1 is 1.27 bits per heavy atom. The molecule has 120 valence electrons. The maximum Gasteiger partial charge on any atom is 0.224 e. The topological polar surface area (TPSA) is 41.1 Å². The Morgan fingerprint density at radius 2 is 2.00 bits per heavy atom. The van der Waals surface area contributed by atoms with E-state index in [1.165, 1.54) is 11.1 Å². The summed E-state index contributed by atoms with van der Waals surface area (Å²) in [6.45, 7) is 8.64. The Balaban J connectivity index is 1.55. The smallest absolute Gasteiger partial charge is 0.224 e. The minimum atomic E-state index is 0.180. The fraction of sp³-hybridized carbons (Fsp3) is 0.632. The normalized spacial score (nSPS) is 31.1. The first kappa shape index (κ1) is 15.5. The summed E-state index contributed by atoms with van der Waals surface area (Å²) in [6, 6.07) is 9.13. The van der Waals surface area contributed by atoms with Gasteiger partial charge in [-0.15, -0.1) is 0 Å². The number of carbonyl (C=O) groups is 1. The van der Waals surface area contributed by atoms with Crippen LogP contribution < -0.4 is 10.6 Å². The summed E-state index contributed by atoms with van der Waals surface area (Å²) in [5, 5.41) is 6.63. The van der Waals surface area contributed by atoms with Crippen LogP contribution in [0.5, 0.6) is 0 Å². The summed E-state index contributed by atoms with van der Waals surface area (Å²) in [4.78, 5) is 12.4. The van der Waals surface area contributed by atoms with Gasteiger partial charge in [0.1, 0.15) is 0 Å². The number of carbonyl (C=O) groups excluding carboxylic acids is 1. The van der Waals surface area contributed by atoms with Gasteiger partial charge in [-0.1, -0.05) is 45.0 Å². The molecule has 4 atom stereocenters. The first-order valence-corrected chi connectivity index (χ1v) is 8.67. The molecule has 1 aromatic rings. The highest BCUT2D eigenvalue weighted by Crippen LogP contribution is 2.47. The van der Waals surface area contributed by atoms with Crippen molar-refractivity contribution in [2.24, 2.45) is 11.8 Å². The summed E-state index contributed by atoms with van der Waals surface area (Å²) in [6.07, 6.45) is 2.15. The van der Waals surface area contributed by atoms with E-state index in [1.54, 1.807) is 0 Å². The lowest BCUT2D eigenvalue weighted by molar-refractivity contribution is -0.123. The monoisotopic (exact) mass is 300 g/mol. The maximum atomic E-state index is 12.4. The van der Waals surface area contributed by atoms with Gasteiger partial charge in [-0.2, -0.15) is 0 Å². The SMILES string of the molecule is CC(C)c1ccc(C2CC2C(=O)NC2CNCCC2C)cc1. The molecule has 1 aromatic carbocycles. The molecule has 2 N–H and O–H groups in total. The van der Waals surface area contributed by atoms with E-state index in [-0.39, 0.29) is 11.8 Å². The molecule has 1 aliphatic heterocycles. The van der Waals surface area contributed by atoms with E-state index in [9.17, 15) is 4.79 Å². The largest absolute Gasteiger partial charge is 0.352 e. The van der Waals surface area contributed by atoms with Crippen molar-refractivity contribution in [1.29, 1.82) is 0 Å². The Hall–Kier alpha value is -1.35. The van der Waals surface area contributed by atoms with Gasteiger partial charge in [0, 0.05) is 18.5 Å². The lowest BCUT2D eigenvalue weighted by Gasteiger charge is -2.30. The molecule has 1 aliphatic carbocycles. The zero-order valence-corrected chi connectivity index (χ0v) is 13.9. The quantitative estimate of drug-likeness (QED) is 0.897. The molecular weight excluding hydrogens is 272 g/mol. The van der Waals surface area contributed by atoms with E-state index < -0.39 is 0 Å². The third-order valence-electron chi connectivity index (χ3n) is 5.31. The molecule has 2 fully saturated rings. The molecule has 3 rings (SSSR count). The van der Waals surface area contributed by atoms with Crippen molar-refractivity contribution < 1.29 is 4.79 Å². The van der Waals surface area contributed by atoms with Gasteiger partial charge in [0.2, 0.25) is 5.91 Å². The zero-order valence-electron chi connectivity index (χ0n) is 13.9. The van der Waals surface area contributed by atoms with Crippen LogP contribution >= 0.6 is 0 Å². The van der Waals surface area contributed by atoms with Gasteiger partial charge < -0.3 is 10.6 Å². The number of nitrogens with one attached hydrogen (secondary N) is 2. The van der Waals surface area contributed by atoms with E-state index >= 15 is 0 Å². The van der Waals surface area contributed by atoms with Crippen LogP contribution in [0.2, 0.25) is 0 Å². The van der Waals surface area contributed by atoms with Crippen LogP contribution in [0.1, 0.15) is 56.6 Å². The van der Waals surface area contributed by atoms with Crippen LogP contribution in [0.3, 0.4) is 0 Å². The molecule has 0 aromatic heterocycles. The van der Waals surface area contributed by atoms with Crippen LogP contribution in [0.4, 0.5) is 0 Å². The summed E-state index contributed by atoms with van der Waals surface area (Å²) in [5.74, 6) is 1.99. The van der Waals surface area contributed by atoms with Crippen LogP contribution in [0, 0.1) is 11.8 Å². The van der Waals surface area contributed by atoms with E-state index in [0.29, 0.717) is 23.8 Å². The Kier molecular flexibility index (Phi) is 4.53. The Bertz CT molecular complexity index is 523. The minimum Gasteiger partial charge on any atom is -0.352 e. The van der Waals surface area contributed by atoms with Crippen molar-refractivity contribution in [3.05, 3.63) is 35.4 Å². The van der Waals surface area contributed by atoms with Crippen LogP contribution in [0.15, 0.2) is 24.3 Å². The van der Waals surface area contributed by atoms with Crippen molar-refractivity contribution in [2.75, 3.05) is 13.1 Å². The zero-order chi connectivity index (χ0) is 15.7. The molecule has 2 aliphatic rings. The fourth-order valence-corrected chi connectivity index (χ4v) is 3.45. The maximum absolute atomic E-state index is 12.4. The molecule has 4 unspecified atom stereocenters. The summed E-state index contributed by atoms with van der Waals surface area (Å²) < 4.78 is 0. The van der Waals surface area contributed by atoms with Gasteiger partial charge in [0.05, 0.1) is 0 Å². The third-order valence-corrected chi connectivity index (χ3v) is 5.31. The van der Waals surface area contributed by atoms with E-state index in [2.05, 4.69) is 55.7 Å². The average molecular weight is 300 g/mol. The molecule has 1 amide bonds. The van der Waals surface area contributed by atoms with Crippen LogP contribution in [-0.4, -0.2) is 25.0 Å². The standard InChI is InChI=1S/C19H28N2O/c1-12(2)14-4-6-15(7-5-14)16-10-17(16)19(22)21-18-11-20-9-8-13(18)3/h4-7,12-13,16-18,20H,8-11H2,1-3H3,(H,21,22). The number of piperidine rings is 1. The highest BCUT2D eigenvalue weighted by molar-refractivity contribution is 5.83. The molecular formula is C19H28N2O. The number of rotatable bonds is 4. The fourth-order valence-electron chi connectivity index (χ4n) is 3.45. The van der Waals surface area contributed by atoms with Crippen LogP contribution in [-0.2, 0) is 4.79 Å².